The molecule has 0 aromatic heterocycles. The fourth-order valence-corrected chi connectivity index (χ4v) is 1.54. The molecule has 5 heteroatoms. The van der Waals surface area contributed by atoms with Gasteiger partial charge in [-0.05, 0) is 12.8 Å². The summed E-state index contributed by atoms with van der Waals surface area (Å²) in [7, 11) is 0. The molecule has 1 rings (SSSR count). The summed E-state index contributed by atoms with van der Waals surface area (Å²) in [5.41, 5.74) is 0.569. The summed E-state index contributed by atoms with van der Waals surface area (Å²) in [6, 6.07) is 0. The van der Waals surface area contributed by atoms with Crippen LogP contribution in [0.25, 0.3) is 0 Å². The lowest BCUT2D eigenvalue weighted by Crippen LogP contribution is -2.31. The Kier molecular flexibility index (Phi) is 3.88. The van der Waals surface area contributed by atoms with Crippen LogP contribution in [-0.4, -0.2) is 18.9 Å². The minimum absolute atomic E-state index is 0.0705. The number of nitrogens with one attached hydrogen (secondary N) is 2. The van der Waals surface area contributed by atoms with E-state index in [2.05, 4.69) is 0 Å². The third kappa shape index (κ3) is 3.18. The van der Waals surface area contributed by atoms with Crippen molar-refractivity contribution in [3.8, 4) is 0 Å². The number of hydrogen-bond donors (Lipinski definition) is 2. The fraction of sp³-hybridized carbons (Fsp3) is 0.727. The third-order valence-corrected chi connectivity index (χ3v) is 2.38. The van der Waals surface area contributed by atoms with Gasteiger partial charge in [0.25, 0.3) is 0 Å². The molecule has 0 fully saturated rings. The molecule has 0 bridgehead atoms. The zero-order chi connectivity index (χ0) is 12.3. The Morgan fingerprint density at radius 2 is 2.06 bits per heavy atom. The summed E-state index contributed by atoms with van der Waals surface area (Å²) in [5, 5.41) is 9.95. The minimum atomic E-state index is -2.66. The highest BCUT2D eigenvalue weighted by Gasteiger charge is 2.27. The first-order chi connectivity index (χ1) is 7.32. The van der Waals surface area contributed by atoms with Crippen molar-refractivity contribution in [2.45, 2.75) is 40.2 Å². The van der Waals surface area contributed by atoms with Crippen molar-refractivity contribution in [2.75, 3.05) is 6.61 Å². The topological polar surface area (TPSA) is 45.1 Å². The molecule has 16 heavy (non-hydrogen) atoms. The molecule has 0 unspecified atom stereocenters. The van der Waals surface area contributed by atoms with Crippen LogP contribution in [0.15, 0.2) is 11.5 Å². The number of halogens is 2. The van der Waals surface area contributed by atoms with Crippen LogP contribution in [0.3, 0.4) is 0 Å². The lowest BCUT2D eigenvalue weighted by Gasteiger charge is -2.28. The van der Waals surface area contributed by atoms with E-state index in [1.54, 1.807) is 0 Å². The Bertz CT molecular complexity index is 306. The Balaban J connectivity index is 2.94. The largest absolute Gasteiger partial charge is 0.479 e. The van der Waals surface area contributed by atoms with E-state index in [0.29, 0.717) is 24.3 Å². The first-order valence-electron chi connectivity index (χ1n) is 5.32. The Morgan fingerprint density at radius 3 is 2.56 bits per heavy atom. The summed E-state index contributed by atoms with van der Waals surface area (Å²) >= 11 is 0. The minimum Gasteiger partial charge on any atom is -0.479 e. The molecule has 0 aromatic carbocycles. The van der Waals surface area contributed by atoms with E-state index in [1.165, 1.54) is 0 Å². The van der Waals surface area contributed by atoms with Gasteiger partial charge in [-0.3, -0.25) is 0 Å². The van der Waals surface area contributed by atoms with Crippen molar-refractivity contribution in [3.63, 3.8) is 0 Å². The quantitative estimate of drug-likeness (QED) is 0.580. The van der Waals surface area contributed by atoms with Crippen LogP contribution in [0.4, 0.5) is 8.78 Å². The zero-order valence-electron chi connectivity index (χ0n) is 9.86. The van der Waals surface area contributed by atoms with Crippen LogP contribution >= 0.6 is 0 Å². The first kappa shape index (κ1) is 12.9. The van der Waals surface area contributed by atoms with E-state index < -0.39 is 6.55 Å². The molecule has 0 saturated carbocycles. The van der Waals surface area contributed by atoms with Crippen LogP contribution < -0.4 is 5.32 Å². The van der Waals surface area contributed by atoms with Crippen LogP contribution in [0.2, 0.25) is 0 Å². The highest BCUT2D eigenvalue weighted by Crippen LogP contribution is 2.27. The van der Waals surface area contributed by atoms with E-state index in [9.17, 15) is 8.78 Å². The summed E-state index contributed by atoms with van der Waals surface area (Å²) < 4.78 is 29.7. The summed E-state index contributed by atoms with van der Waals surface area (Å²) in [6.45, 7) is 3.43. The van der Waals surface area contributed by atoms with Crippen LogP contribution in [0, 0.1) is 10.8 Å². The third-order valence-electron chi connectivity index (χ3n) is 2.38. The van der Waals surface area contributed by atoms with Crippen LogP contribution in [0.5, 0.6) is 0 Å². The molecule has 1 aliphatic rings. The van der Waals surface area contributed by atoms with Gasteiger partial charge < -0.3 is 15.5 Å². The maximum atomic E-state index is 12.3. The normalized spacial score (nSPS) is 17.4. The Morgan fingerprint density at radius 1 is 1.44 bits per heavy atom. The average molecular weight is 232 g/mol. The van der Waals surface area contributed by atoms with Gasteiger partial charge in [0, 0.05) is 16.7 Å². The molecule has 0 saturated heterocycles. The molecule has 0 spiro atoms. The Labute approximate surface area is 94.4 Å². The first-order valence-corrected chi connectivity index (χ1v) is 5.32. The van der Waals surface area contributed by atoms with E-state index in [4.69, 9.17) is 10.1 Å². The molecule has 1 heterocycles. The van der Waals surface area contributed by atoms with E-state index in [1.807, 2.05) is 26.1 Å². The summed E-state index contributed by atoms with van der Waals surface area (Å²) in [6.07, 6.45) is 1.38. The molecule has 0 amide bonds. The average Bonchev–Trinajstić information content (AvgIpc) is 2.15. The molecule has 3 nitrogen and oxygen atoms in total. The highest BCUT2D eigenvalue weighted by molar-refractivity contribution is 6.01. The second-order valence-corrected chi connectivity index (χ2v) is 4.83. The number of hydrogen-bond acceptors (Lipinski definition) is 3. The number of alkyl halides is 2. The van der Waals surface area contributed by atoms with Gasteiger partial charge in [0.05, 0.1) is 6.61 Å². The van der Waals surface area contributed by atoms with E-state index >= 15 is 0 Å². The van der Waals surface area contributed by atoms with Gasteiger partial charge in [-0.15, -0.1) is 0 Å². The van der Waals surface area contributed by atoms with Crippen molar-refractivity contribution in [1.29, 1.82) is 5.41 Å². The number of rotatable bonds is 3. The standard InChI is InChI=1S/C11H18F2N2O/c1-11(2,3)8(14)7-5-4-6-16-9(7)15-10(12)13/h10,14-15H,4-6H2,1-3H3. The number of ether oxygens (including phenoxy) is 1. The van der Waals surface area contributed by atoms with E-state index in [-0.39, 0.29) is 11.3 Å². The summed E-state index contributed by atoms with van der Waals surface area (Å²) in [5.74, 6) is 0.0705. The van der Waals surface area contributed by atoms with Crippen molar-refractivity contribution >= 4 is 5.71 Å². The van der Waals surface area contributed by atoms with Gasteiger partial charge in [-0.25, -0.2) is 0 Å². The van der Waals surface area contributed by atoms with E-state index in [0.717, 1.165) is 6.42 Å². The molecular formula is C11H18F2N2O. The lowest BCUT2D eigenvalue weighted by molar-refractivity contribution is 0.0722. The smallest absolute Gasteiger partial charge is 0.315 e. The predicted octanol–water partition coefficient (Wildman–Crippen LogP) is 2.89. The van der Waals surface area contributed by atoms with Gasteiger partial charge in [0.2, 0.25) is 0 Å². The van der Waals surface area contributed by atoms with Gasteiger partial charge in [-0.1, -0.05) is 20.8 Å². The SMILES string of the molecule is CC(C)(C)C(=N)C1=C(NC(F)F)OCCC1. The highest BCUT2D eigenvalue weighted by atomic mass is 19.3. The second kappa shape index (κ2) is 4.80. The molecule has 0 aromatic rings. The predicted molar refractivity (Wildman–Crippen MR) is 58.5 cm³/mol. The van der Waals surface area contributed by atoms with Gasteiger partial charge in [-0.2, -0.15) is 8.78 Å². The number of allylic oxidation sites excluding steroid dienone is 1. The van der Waals surface area contributed by atoms with Gasteiger partial charge >= 0.3 is 6.55 Å². The molecule has 1 aliphatic heterocycles. The zero-order valence-corrected chi connectivity index (χ0v) is 9.86. The van der Waals surface area contributed by atoms with Crippen LogP contribution in [-0.2, 0) is 4.74 Å². The monoisotopic (exact) mass is 232 g/mol. The molecule has 0 atom stereocenters. The molecule has 0 radical (unpaired) electrons. The Hall–Kier alpha value is -1.13. The van der Waals surface area contributed by atoms with Crippen LogP contribution in [0.1, 0.15) is 33.6 Å². The maximum absolute atomic E-state index is 12.3. The molecule has 2 N–H and O–H groups in total. The van der Waals surface area contributed by atoms with Gasteiger partial charge in [0.15, 0.2) is 5.88 Å². The van der Waals surface area contributed by atoms with Crippen molar-refractivity contribution in [1.82, 2.24) is 5.32 Å². The van der Waals surface area contributed by atoms with Crippen molar-refractivity contribution in [2.24, 2.45) is 5.41 Å². The van der Waals surface area contributed by atoms with Crippen molar-refractivity contribution in [3.05, 3.63) is 11.5 Å². The molecule has 0 aliphatic carbocycles. The van der Waals surface area contributed by atoms with Crippen molar-refractivity contribution < 1.29 is 13.5 Å². The van der Waals surface area contributed by atoms with Gasteiger partial charge in [0.1, 0.15) is 0 Å². The maximum Gasteiger partial charge on any atom is 0.315 e. The molecule has 92 valence electrons. The second-order valence-electron chi connectivity index (χ2n) is 4.83. The lowest BCUT2D eigenvalue weighted by atomic mass is 9.83. The summed E-state index contributed by atoms with van der Waals surface area (Å²) in [4.78, 5) is 0. The molecular weight excluding hydrogens is 214 g/mol. The fourth-order valence-electron chi connectivity index (χ4n) is 1.54.